The SMILES string of the molecule is C=CC.Cc1cccc(CNCCc2ccc(Cl)cc2)c1. The highest BCUT2D eigenvalue weighted by atomic mass is 35.5. The monoisotopic (exact) mass is 301 g/mol. The quantitative estimate of drug-likeness (QED) is 0.593. The van der Waals surface area contributed by atoms with E-state index >= 15 is 0 Å². The fraction of sp³-hybridized carbons (Fsp3) is 0.263. The molecule has 0 radical (unpaired) electrons. The lowest BCUT2D eigenvalue weighted by Crippen LogP contribution is -2.16. The highest BCUT2D eigenvalue weighted by Gasteiger charge is 1.95. The molecule has 1 N–H and O–H groups in total. The van der Waals surface area contributed by atoms with Crippen LogP contribution in [0.3, 0.4) is 0 Å². The van der Waals surface area contributed by atoms with Crippen LogP contribution in [-0.4, -0.2) is 6.54 Å². The summed E-state index contributed by atoms with van der Waals surface area (Å²) in [5, 5.41) is 4.26. The van der Waals surface area contributed by atoms with Crippen molar-refractivity contribution >= 4 is 11.6 Å². The molecule has 0 aromatic heterocycles. The van der Waals surface area contributed by atoms with Crippen molar-refractivity contribution < 1.29 is 0 Å². The maximum absolute atomic E-state index is 5.85. The molecule has 1 nitrogen and oxygen atoms in total. The topological polar surface area (TPSA) is 12.0 Å². The fourth-order valence-corrected chi connectivity index (χ4v) is 2.06. The van der Waals surface area contributed by atoms with Crippen LogP contribution < -0.4 is 5.32 Å². The average molecular weight is 302 g/mol. The lowest BCUT2D eigenvalue weighted by molar-refractivity contribution is 0.686. The lowest BCUT2D eigenvalue weighted by atomic mass is 10.1. The predicted octanol–water partition coefficient (Wildman–Crippen LogP) is 5.17. The zero-order chi connectivity index (χ0) is 15.5. The minimum absolute atomic E-state index is 0.798. The van der Waals surface area contributed by atoms with Crippen LogP contribution in [0.5, 0.6) is 0 Å². The standard InChI is InChI=1S/C16H18ClN.C3H6/c1-13-3-2-4-15(11-13)12-18-10-9-14-5-7-16(17)8-6-14;1-3-2/h2-8,11,18H,9-10,12H2,1H3;3H,1H2,2H3. The van der Waals surface area contributed by atoms with Gasteiger partial charge in [0.2, 0.25) is 0 Å². The maximum Gasteiger partial charge on any atom is 0.0406 e. The van der Waals surface area contributed by atoms with E-state index in [9.17, 15) is 0 Å². The largest absolute Gasteiger partial charge is 0.312 e. The van der Waals surface area contributed by atoms with Crippen LogP contribution in [-0.2, 0) is 13.0 Å². The van der Waals surface area contributed by atoms with Crippen LogP contribution in [0.1, 0.15) is 23.6 Å². The number of aryl methyl sites for hydroxylation is 1. The molecule has 0 aliphatic rings. The van der Waals surface area contributed by atoms with Crippen molar-refractivity contribution in [2.75, 3.05) is 6.54 Å². The van der Waals surface area contributed by atoms with E-state index in [-0.39, 0.29) is 0 Å². The van der Waals surface area contributed by atoms with Crippen LogP contribution in [0, 0.1) is 6.92 Å². The third kappa shape index (κ3) is 7.69. The highest BCUT2D eigenvalue weighted by Crippen LogP contribution is 2.09. The minimum Gasteiger partial charge on any atom is -0.312 e. The lowest BCUT2D eigenvalue weighted by Gasteiger charge is -2.06. The fourth-order valence-electron chi connectivity index (χ4n) is 1.94. The summed E-state index contributed by atoms with van der Waals surface area (Å²) in [5.74, 6) is 0. The summed E-state index contributed by atoms with van der Waals surface area (Å²) >= 11 is 5.85. The molecule has 0 unspecified atom stereocenters. The molecule has 0 atom stereocenters. The van der Waals surface area contributed by atoms with Crippen molar-refractivity contribution in [2.24, 2.45) is 0 Å². The second-order valence-corrected chi connectivity index (χ2v) is 5.39. The maximum atomic E-state index is 5.85. The number of rotatable bonds is 5. The summed E-state index contributed by atoms with van der Waals surface area (Å²) < 4.78 is 0. The van der Waals surface area contributed by atoms with Gasteiger partial charge in [0.1, 0.15) is 0 Å². The molecule has 112 valence electrons. The number of nitrogens with one attached hydrogen (secondary N) is 1. The van der Waals surface area contributed by atoms with Crippen LogP contribution in [0.2, 0.25) is 5.02 Å². The second kappa shape index (κ2) is 10.2. The van der Waals surface area contributed by atoms with Gasteiger partial charge in [0.15, 0.2) is 0 Å². The van der Waals surface area contributed by atoms with Crippen molar-refractivity contribution in [3.8, 4) is 0 Å². The molecule has 0 saturated carbocycles. The van der Waals surface area contributed by atoms with E-state index in [1.54, 1.807) is 6.08 Å². The Morgan fingerprint density at radius 3 is 2.38 bits per heavy atom. The minimum atomic E-state index is 0.798. The Morgan fingerprint density at radius 2 is 1.76 bits per heavy atom. The number of hydrogen-bond donors (Lipinski definition) is 1. The van der Waals surface area contributed by atoms with Gasteiger partial charge in [-0.1, -0.05) is 59.6 Å². The van der Waals surface area contributed by atoms with Gasteiger partial charge in [0.05, 0.1) is 0 Å². The molecule has 2 heteroatoms. The summed E-state index contributed by atoms with van der Waals surface area (Å²) in [6.45, 7) is 9.28. The Morgan fingerprint density at radius 1 is 1.10 bits per heavy atom. The highest BCUT2D eigenvalue weighted by molar-refractivity contribution is 6.30. The number of allylic oxidation sites excluding steroid dienone is 1. The second-order valence-electron chi connectivity index (χ2n) is 4.95. The number of benzene rings is 2. The van der Waals surface area contributed by atoms with Crippen molar-refractivity contribution in [3.05, 3.63) is 82.9 Å². The first-order valence-corrected chi connectivity index (χ1v) is 7.61. The Kier molecular flexibility index (Phi) is 8.49. The molecule has 2 aromatic rings. The molecule has 21 heavy (non-hydrogen) atoms. The van der Waals surface area contributed by atoms with E-state index < -0.39 is 0 Å². The molecule has 0 bridgehead atoms. The van der Waals surface area contributed by atoms with E-state index in [2.05, 4.69) is 55.2 Å². The first-order chi connectivity index (χ1) is 10.2. The zero-order valence-corrected chi connectivity index (χ0v) is 13.7. The first kappa shape index (κ1) is 17.5. The van der Waals surface area contributed by atoms with Crippen molar-refractivity contribution in [1.82, 2.24) is 5.32 Å². The van der Waals surface area contributed by atoms with Gasteiger partial charge in [-0.2, -0.15) is 0 Å². The van der Waals surface area contributed by atoms with Gasteiger partial charge >= 0.3 is 0 Å². The van der Waals surface area contributed by atoms with Gasteiger partial charge in [0.25, 0.3) is 0 Å². The van der Waals surface area contributed by atoms with Gasteiger partial charge in [-0.3, -0.25) is 0 Å². The van der Waals surface area contributed by atoms with Crippen LogP contribution >= 0.6 is 11.6 Å². The number of hydrogen-bond acceptors (Lipinski definition) is 1. The van der Waals surface area contributed by atoms with E-state index in [1.807, 2.05) is 19.1 Å². The van der Waals surface area contributed by atoms with Crippen molar-refractivity contribution in [3.63, 3.8) is 0 Å². The molecule has 0 amide bonds. The van der Waals surface area contributed by atoms with Crippen LogP contribution in [0.4, 0.5) is 0 Å². The molecule has 0 aliphatic carbocycles. The van der Waals surface area contributed by atoms with E-state index in [1.165, 1.54) is 16.7 Å². The number of halogens is 1. The van der Waals surface area contributed by atoms with E-state index in [0.717, 1.165) is 24.5 Å². The normalized spacial score (nSPS) is 9.67. The molecule has 0 fully saturated rings. The summed E-state index contributed by atoms with van der Waals surface area (Å²) in [6.07, 6.45) is 2.78. The molecule has 0 aliphatic heterocycles. The van der Waals surface area contributed by atoms with Crippen molar-refractivity contribution in [2.45, 2.75) is 26.8 Å². The molecule has 2 rings (SSSR count). The van der Waals surface area contributed by atoms with Gasteiger partial charge in [-0.05, 0) is 50.1 Å². The summed E-state index contributed by atoms with van der Waals surface area (Å²) in [4.78, 5) is 0. The summed E-state index contributed by atoms with van der Waals surface area (Å²) in [7, 11) is 0. The molecular weight excluding hydrogens is 278 g/mol. The third-order valence-electron chi connectivity index (χ3n) is 2.92. The van der Waals surface area contributed by atoms with E-state index in [0.29, 0.717) is 0 Å². The predicted molar refractivity (Wildman–Crippen MR) is 93.9 cm³/mol. The Bertz CT molecular complexity index is 532. The van der Waals surface area contributed by atoms with Gasteiger partial charge < -0.3 is 5.32 Å². The van der Waals surface area contributed by atoms with Crippen LogP contribution in [0.25, 0.3) is 0 Å². The molecule has 0 heterocycles. The van der Waals surface area contributed by atoms with Crippen molar-refractivity contribution in [1.29, 1.82) is 0 Å². The van der Waals surface area contributed by atoms with Crippen LogP contribution in [0.15, 0.2) is 61.2 Å². The third-order valence-corrected chi connectivity index (χ3v) is 3.17. The Labute approximate surface area is 133 Å². The van der Waals surface area contributed by atoms with Gasteiger partial charge in [-0.15, -0.1) is 6.58 Å². The molecule has 0 spiro atoms. The molecule has 0 saturated heterocycles. The molecule has 2 aromatic carbocycles. The molecular formula is C19H24ClN. The Hall–Kier alpha value is -1.57. The summed E-state index contributed by atoms with van der Waals surface area (Å²) in [6, 6.07) is 16.6. The smallest absolute Gasteiger partial charge is 0.0406 e. The first-order valence-electron chi connectivity index (χ1n) is 7.23. The van der Waals surface area contributed by atoms with Gasteiger partial charge in [-0.25, -0.2) is 0 Å². The average Bonchev–Trinajstić information content (AvgIpc) is 2.46. The summed E-state index contributed by atoms with van der Waals surface area (Å²) in [5.41, 5.74) is 3.97. The zero-order valence-electron chi connectivity index (χ0n) is 12.9. The Balaban J connectivity index is 0.000000677. The van der Waals surface area contributed by atoms with Gasteiger partial charge in [0, 0.05) is 11.6 Å². The van der Waals surface area contributed by atoms with E-state index in [4.69, 9.17) is 11.6 Å².